The maximum Gasteiger partial charge on any atom is 0.318 e. The molecule has 1 heterocycles. The highest BCUT2D eigenvalue weighted by molar-refractivity contribution is 7.85. The van der Waals surface area contributed by atoms with Crippen LogP contribution in [0.15, 0.2) is 18.2 Å². The molecule has 1 aromatic carbocycles. The molecule has 0 bridgehead atoms. The molecule has 2 amide bonds. The molecule has 1 aliphatic rings. The summed E-state index contributed by atoms with van der Waals surface area (Å²) in [7, 11) is -0.829. The molecule has 0 spiro atoms. The fraction of sp³-hybridized carbons (Fsp3) is 0.588. The lowest BCUT2D eigenvalue weighted by Crippen LogP contribution is -2.55. The fourth-order valence-electron chi connectivity index (χ4n) is 2.91. The van der Waals surface area contributed by atoms with Gasteiger partial charge in [-0.2, -0.15) is 0 Å². The standard InChI is InChI=1S/C17H26N2O2S/c1-11-6-7-12(2)16(10-11)13(3)18-17(20)19-8-9-22(21)15(5)14(19)4/h6-7,10,13-15H,8-9H2,1-5H3,(H,18,20)/t13-,14+,15-,22-/m0/s1. The normalized spacial score (nSPS) is 26.6. The molecule has 4 nitrogen and oxygen atoms in total. The Hall–Kier alpha value is -1.36. The second kappa shape index (κ2) is 6.82. The zero-order valence-corrected chi connectivity index (χ0v) is 14.9. The molecule has 122 valence electrons. The first kappa shape index (κ1) is 17.0. The second-order valence-corrected chi connectivity index (χ2v) is 8.17. The Morgan fingerprint density at radius 1 is 1.36 bits per heavy atom. The number of amides is 2. The molecule has 4 atom stereocenters. The number of hydrogen-bond donors (Lipinski definition) is 1. The van der Waals surface area contributed by atoms with Crippen LogP contribution in [0.2, 0.25) is 0 Å². The Morgan fingerprint density at radius 2 is 2.05 bits per heavy atom. The predicted molar refractivity (Wildman–Crippen MR) is 91.5 cm³/mol. The van der Waals surface area contributed by atoms with Crippen molar-refractivity contribution in [1.29, 1.82) is 0 Å². The maximum absolute atomic E-state index is 12.6. The molecule has 0 radical (unpaired) electrons. The van der Waals surface area contributed by atoms with Crippen LogP contribution >= 0.6 is 0 Å². The third-order valence-electron chi connectivity index (χ3n) is 4.62. The number of rotatable bonds is 2. The van der Waals surface area contributed by atoms with E-state index in [0.29, 0.717) is 12.3 Å². The minimum atomic E-state index is -0.829. The first-order valence-electron chi connectivity index (χ1n) is 7.82. The van der Waals surface area contributed by atoms with Gasteiger partial charge in [0.1, 0.15) is 0 Å². The van der Waals surface area contributed by atoms with Crippen LogP contribution in [-0.4, -0.2) is 38.7 Å². The number of hydrogen-bond acceptors (Lipinski definition) is 2. The zero-order valence-electron chi connectivity index (χ0n) is 14.1. The van der Waals surface area contributed by atoms with Gasteiger partial charge in [-0.05, 0) is 45.7 Å². The lowest BCUT2D eigenvalue weighted by Gasteiger charge is -2.37. The number of benzene rings is 1. The van der Waals surface area contributed by atoms with Gasteiger partial charge in [0.05, 0.1) is 11.3 Å². The first-order chi connectivity index (χ1) is 10.3. The van der Waals surface area contributed by atoms with Crippen LogP contribution in [0, 0.1) is 13.8 Å². The molecule has 0 saturated carbocycles. The molecule has 2 rings (SSSR count). The Labute approximate surface area is 135 Å². The summed E-state index contributed by atoms with van der Waals surface area (Å²) in [5.74, 6) is 0.566. The second-order valence-electron chi connectivity index (χ2n) is 6.26. The van der Waals surface area contributed by atoms with Gasteiger partial charge >= 0.3 is 6.03 Å². The number of nitrogens with one attached hydrogen (secondary N) is 1. The Balaban J connectivity index is 2.08. The summed E-state index contributed by atoms with van der Waals surface area (Å²) in [5, 5.41) is 3.11. The van der Waals surface area contributed by atoms with E-state index in [1.807, 2.05) is 25.7 Å². The number of aryl methyl sites for hydroxylation is 2. The van der Waals surface area contributed by atoms with Crippen molar-refractivity contribution in [1.82, 2.24) is 10.2 Å². The topological polar surface area (TPSA) is 49.4 Å². The summed E-state index contributed by atoms with van der Waals surface area (Å²) < 4.78 is 11.9. The van der Waals surface area contributed by atoms with Crippen molar-refractivity contribution < 1.29 is 9.00 Å². The molecule has 0 unspecified atom stereocenters. The smallest absolute Gasteiger partial charge is 0.318 e. The number of carbonyl (C=O) groups excluding carboxylic acids is 1. The Kier molecular flexibility index (Phi) is 5.27. The minimum Gasteiger partial charge on any atom is -0.331 e. The van der Waals surface area contributed by atoms with Gasteiger partial charge < -0.3 is 10.2 Å². The van der Waals surface area contributed by atoms with Crippen molar-refractivity contribution in [2.75, 3.05) is 12.3 Å². The van der Waals surface area contributed by atoms with E-state index in [2.05, 4.69) is 37.4 Å². The van der Waals surface area contributed by atoms with Gasteiger partial charge in [-0.15, -0.1) is 0 Å². The van der Waals surface area contributed by atoms with Gasteiger partial charge in [0, 0.05) is 29.1 Å². The van der Waals surface area contributed by atoms with Crippen molar-refractivity contribution >= 4 is 16.8 Å². The van der Waals surface area contributed by atoms with Gasteiger partial charge in [-0.25, -0.2) is 4.79 Å². The third kappa shape index (κ3) is 3.51. The SMILES string of the molecule is Cc1ccc(C)c([C@H](C)NC(=O)N2CC[S@](=O)[C@@H](C)[C@H]2C)c1. The van der Waals surface area contributed by atoms with Crippen LogP contribution in [0.4, 0.5) is 4.79 Å². The van der Waals surface area contributed by atoms with E-state index in [1.54, 1.807) is 0 Å². The molecule has 1 fully saturated rings. The summed E-state index contributed by atoms with van der Waals surface area (Å²) in [4.78, 5) is 14.4. The summed E-state index contributed by atoms with van der Waals surface area (Å²) in [6.07, 6.45) is 0. The molecule has 1 saturated heterocycles. The van der Waals surface area contributed by atoms with Crippen molar-refractivity contribution in [2.24, 2.45) is 0 Å². The van der Waals surface area contributed by atoms with Crippen LogP contribution in [-0.2, 0) is 10.8 Å². The predicted octanol–water partition coefficient (Wildman–Crippen LogP) is 2.92. The lowest BCUT2D eigenvalue weighted by atomic mass is 10.00. The molecular weight excluding hydrogens is 296 g/mol. The maximum atomic E-state index is 12.6. The van der Waals surface area contributed by atoms with E-state index in [-0.39, 0.29) is 23.4 Å². The zero-order chi connectivity index (χ0) is 16.4. The average Bonchev–Trinajstić information content (AvgIpc) is 2.47. The van der Waals surface area contributed by atoms with E-state index in [9.17, 15) is 9.00 Å². The van der Waals surface area contributed by atoms with Crippen molar-refractivity contribution in [2.45, 2.75) is 52.0 Å². The molecule has 0 aliphatic carbocycles. The Morgan fingerprint density at radius 3 is 2.73 bits per heavy atom. The molecule has 0 aromatic heterocycles. The number of nitrogens with zero attached hydrogens (tertiary/aromatic N) is 1. The van der Waals surface area contributed by atoms with Crippen LogP contribution < -0.4 is 5.32 Å². The quantitative estimate of drug-likeness (QED) is 0.910. The summed E-state index contributed by atoms with van der Waals surface area (Å²) >= 11 is 0. The van der Waals surface area contributed by atoms with Gasteiger partial charge in [0.15, 0.2) is 0 Å². The van der Waals surface area contributed by atoms with Crippen LogP contribution in [0.5, 0.6) is 0 Å². The van der Waals surface area contributed by atoms with Crippen molar-refractivity contribution in [3.05, 3.63) is 34.9 Å². The van der Waals surface area contributed by atoms with Gasteiger partial charge in [-0.1, -0.05) is 23.8 Å². The highest BCUT2D eigenvalue weighted by Gasteiger charge is 2.33. The molecule has 1 aromatic rings. The van der Waals surface area contributed by atoms with E-state index in [0.717, 1.165) is 5.56 Å². The average molecular weight is 322 g/mol. The van der Waals surface area contributed by atoms with Crippen LogP contribution in [0.1, 0.15) is 43.5 Å². The number of carbonyl (C=O) groups is 1. The summed E-state index contributed by atoms with van der Waals surface area (Å²) in [6.45, 7) is 10.6. The molecule has 1 N–H and O–H groups in total. The fourth-order valence-corrected chi connectivity index (χ4v) is 4.24. The van der Waals surface area contributed by atoms with Gasteiger partial charge in [0.2, 0.25) is 0 Å². The summed E-state index contributed by atoms with van der Waals surface area (Å²) in [6, 6.07) is 6.18. The highest BCUT2D eigenvalue weighted by Crippen LogP contribution is 2.21. The molecule has 22 heavy (non-hydrogen) atoms. The molecule has 5 heteroatoms. The monoisotopic (exact) mass is 322 g/mol. The van der Waals surface area contributed by atoms with Crippen molar-refractivity contribution in [3.8, 4) is 0 Å². The first-order valence-corrected chi connectivity index (χ1v) is 9.21. The Bertz CT molecular complexity index is 588. The largest absolute Gasteiger partial charge is 0.331 e. The number of urea groups is 1. The van der Waals surface area contributed by atoms with Gasteiger partial charge in [0.25, 0.3) is 0 Å². The van der Waals surface area contributed by atoms with E-state index in [1.165, 1.54) is 11.1 Å². The molecular formula is C17H26N2O2S. The minimum absolute atomic E-state index is 0.000361. The van der Waals surface area contributed by atoms with Crippen LogP contribution in [0.25, 0.3) is 0 Å². The van der Waals surface area contributed by atoms with E-state index < -0.39 is 10.8 Å². The summed E-state index contributed by atoms with van der Waals surface area (Å²) in [5.41, 5.74) is 3.52. The van der Waals surface area contributed by atoms with Crippen molar-refractivity contribution in [3.63, 3.8) is 0 Å². The van der Waals surface area contributed by atoms with Gasteiger partial charge in [-0.3, -0.25) is 4.21 Å². The van der Waals surface area contributed by atoms with E-state index >= 15 is 0 Å². The van der Waals surface area contributed by atoms with Crippen LogP contribution in [0.3, 0.4) is 0 Å². The third-order valence-corrected chi connectivity index (χ3v) is 6.43. The highest BCUT2D eigenvalue weighted by atomic mass is 32.2. The lowest BCUT2D eigenvalue weighted by molar-refractivity contribution is 0.176. The molecule has 1 aliphatic heterocycles. The van der Waals surface area contributed by atoms with E-state index in [4.69, 9.17) is 0 Å².